The summed E-state index contributed by atoms with van der Waals surface area (Å²) < 4.78 is 0. The Balaban J connectivity index is 0. The molecule has 94 valence electrons. The highest BCUT2D eigenvalue weighted by Crippen LogP contribution is 1.87. The molecule has 8 heteroatoms. The number of carbonyl (C=O) groups excluding carboxylic acids is 1. The van der Waals surface area contributed by atoms with Crippen molar-refractivity contribution in [3.05, 3.63) is 0 Å². The van der Waals surface area contributed by atoms with E-state index in [1.54, 1.807) is 6.07 Å². The molecule has 0 aromatic heterocycles. The van der Waals surface area contributed by atoms with Crippen molar-refractivity contribution in [2.75, 3.05) is 6.61 Å². The first kappa shape index (κ1) is 17.2. The predicted octanol–water partition coefficient (Wildman–Crippen LogP) is -0.293. The van der Waals surface area contributed by atoms with Gasteiger partial charge in [-0.3, -0.25) is 4.89 Å². The summed E-state index contributed by atoms with van der Waals surface area (Å²) in [4.78, 5) is 28.5. The largest absolute Gasteiger partial charge is 0.479 e. The number of hydrogen-bond acceptors (Lipinski definition) is 7. The number of nitrogens with zero attached hydrogens (tertiary/aromatic N) is 2. The van der Waals surface area contributed by atoms with Crippen LogP contribution in [0.3, 0.4) is 0 Å². The average molecular weight is 243 g/mol. The van der Waals surface area contributed by atoms with Gasteiger partial charge in [0.25, 0.3) is 0 Å². The Kier molecular flexibility index (Phi) is 12.1. The molecule has 0 amide bonds. The van der Waals surface area contributed by atoms with Crippen LogP contribution in [0.1, 0.15) is 19.8 Å². The zero-order valence-corrected chi connectivity index (χ0v) is 9.25. The molecule has 0 rings (SSSR count). The lowest BCUT2D eigenvalue weighted by Crippen LogP contribution is -2.27. The first-order valence-electron chi connectivity index (χ1n) is 4.56. The number of aliphatic carboxylic acids is 1. The number of carboxylic acids is 1. The van der Waals surface area contributed by atoms with Crippen LogP contribution >= 0.6 is 0 Å². The van der Waals surface area contributed by atoms with Gasteiger partial charge in [0.1, 0.15) is 6.42 Å². The molecule has 8 nitrogen and oxygen atoms in total. The molecule has 0 aliphatic carbocycles. The van der Waals surface area contributed by atoms with Gasteiger partial charge in [0.05, 0.1) is 18.7 Å². The molecule has 0 saturated carbocycles. The molecule has 0 radical (unpaired) electrons. The highest BCUT2D eigenvalue weighted by atomic mass is 17.2. The van der Waals surface area contributed by atoms with Crippen LogP contribution in [0, 0.1) is 22.7 Å². The summed E-state index contributed by atoms with van der Waals surface area (Å²) in [5.41, 5.74) is 4.66. The van der Waals surface area contributed by atoms with Crippen molar-refractivity contribution in [3.63, 3.8) is 0 Å². The van der Waals surface area contributed by atoms with Crippen LogP contribution in [0.5, 0.6) is 0 Å². The summed E-state index contributed by atoms with van der Waals surface area (Å²) in [6, 6.07) is 1.61. The van der Waals surface area contributed by atoms with Gasteiger partial charge in [0.2, 0.25) is 0 Å². The standard InChI is InChI=1S/C6H9NO3.C3H4N2O2/c1-2-5-9-10-6(8)3-4-7;4-1-2(5)3(6)7/h2-3,5H2,1H3;2H,5H2,(H,6,7). The first-order valence-corrected chi connectivity index (χ1v) is 4.56. The zero-order chi connectivity index (χ0) is 13.7. The maximum Gasteiger partial charge on any atom is 0.356 e. The molecule has 0 spiro atoms. The Morgan fingerprint density at radius 1 is 1.47 bits per heavy atom. The van der Waals surface area contributed by atoms with E-state index in [-0.39, 0.29) is 6.42 Å². The van der Waals surface area contributed by atoms with Gasteiger partial charge in [-0.1, -0.05) is 6.92 Å². The summed E-state index contributed by atoms with van der Waals surface area (Å²) in [6.07, 6.45) is 0.517. The monoisotopic (exact) mass is 243 g/mol. The first-order chi connectivity index (χ1) is 7.99. The topological polar surface area (TPSA) is 146 Å². The summed E-state index contributed by atoms with van der Waals surface area (Å²) in [5.74, 6) is -1.93. The molecule has 1 atom stereocenters. The van der Waals surface area contributed by atoms with Crippen LogP contribution in [0.15, 0.2) is 0 Å². The second kappa shape index (κ2) is 11.9. The third kappa shape index (κ3) is 13.8. The lowest BCUT2D eigenvalue weighted by Gasteiger charge is -1.97. The van der Waals surface area contributed by atoms with Crippen LogP contribution in [0.25, 0.3) is 0 Å². The maximum atomic E-state index is 10.3. The van der Waals surface area contributed by atoms with E-state index in [0.29, 0.717) is 6.61 Å². The average Bonchev–Trinajstić information content (AvgIpc) is 2.29. The summed E-state index contributed by atoms with van der Waals surface area (Å²) in [6.45, 7) is 2.26. The Morgan fingerprint density at radius 2 is 2.06 bits per heavy atom. The SMILES string of the molecule is CCCOOC(=O)CC#N.N#CC(N)C(=O)O. The molecule has 0 saturated heterocycles. The summed E-state index contributed by atoms with van der Waals surface area (Å²) in [7, 11) is 0. The molecular formula is C9H13N3O5. The van der Waals surface area contributed by atoms with Crippen LogP contribution in [0.4, 0.5) is 0 Å². The Morgan fingerprint density at radius 3 is 2.35 bits per heavy atom. The van der Waals surface area contributed by atoms with Crippen molar-refractivity contribution >= 4 is 11.9 Å². The van der Waals surface area contributed by atoms with E-state index in [9.17, 15) is 9.59 Å². The van der Waals surface area contributed by atoms with Crippen molar-refractivity contribution < 1.29 is 24.5 Å². The minimum absolute atomic E-state index is 0.260. The highest BCUT2D eigenvalue weighted by Gasteiger charge is 2.06. The Bertz CT molecular complexity index is 318. The molecule has 0 bridgehead atoms. The molecule has 0 heterocycles. The molecule has 1 unspecified atom stereocenters. The van der Waals surface area contributed by atoms with Crippen molar-refractivity contribution in [3.8, 4) is 12.1 Å². The fraction of sp³-hybridized carbons (Fsp3) is 0.556. The van der Waals surface area contributed by atoms with E-state index in [2.05, 4.69) is 15.5 Å². The van der Waals surface area contributed by atoms with Crippen molar-refractivity contribution in [1.82, 2.24) is 0 Å². The third-order valence-electron chi connectivity index (χ3n) is 1.07. The third-order valence-corrected chi connectivity index (χ3v) is 1.07. The van der Waals surface area contributed by atoms with Crippen molar-refractivity contribution in [2.24, 2.45) is 5.73 Å². The fourth-order valence-electron chi connectivity index (χ4n) is 0.340. The number of carbonyl (C=O) groups is 2. The van der Waals surface area contributed by atoms with Gasteiger partial charge in [-0.2, -0.15) is 15.4 Å². The second-order valence-electron chi connectivity index (χ2n) is 2.56. The second-order valence-corrected chi connectivity index (χ2v) is 2.56. The van der Waals surface area contributed by atoms with Gasteiger partial charge < -0.3 is 10.8 Å². The number of carboxylic acid groups (broad SMARTS) is 1. The summed E-state index contributed by atoms with van der Waals surface area (Å²) >= 11 is 0. The molecule has 17 heavy (non-hydrogen) atoms. The predicted molar refractivity (Wildman–Crippen MR) is 53.8 cm³/mol. The van der Waals surface area contributed by atoms with Gasteiger partial charge in [-0.25, -0.2) is 9.59 Å². The number of hydrogen-bond donors (Lipinski definition) is 2. The van der Waals surface area contributed by atoms with E-state index in [0.717, 1.165) is 6.42 Å². The molecule has 0 fully saturated rings. The molecule has 0 aliphatic rings. The zero-order valence-electron chi connectivity index (χ0n) is 9.25. The Labute approximate surface area is 98.1 Å². The lowest BCUT2D eigenvalue weighted by atomic mass is 10.4. The molecule has 3 N–H and O–H groups in total. The molecule has 0 aromatic carbocycles. The van der Waals surface area contributed by atoms with Crippen LogP contribution < -0.4 is 5.73 Å². The van der Waals surface area contributed by atoms with Gasteiger partial charge in [0, 0.05) is 0 Å². The van der Waals surface area contributed by atoms with E-state index in [1.807, 2.05) is 6.92 Å². The van der Waals surface area contributed by atoms with E-state index in [1.165, 1.54) is 6.07 Å². The molecule has 0 aliphatic heterocycles. The van der Waals surface area contributed by atoms with E-state index >= 15 is 0 Å². The van der Waals surface area contributed by atoms with Gasteiger partial charge in [-0.05, 0) is 6.42 Å². The summed E-state index contributed by atoms with van der Waals surface area (Å²) in [5, 5.41) is 23.6. The van der Waals surface area contributed by atoms with Crippen LogP contribution in [-0.4, -0.2) is 29.7 Å². The minimum Gasteiger partial charge on any atom is -0.479 e. The highest BCUT2D eigenvalue weighted by molar-refractivity contribution is 5.76. The van der Waals surface area contributed by atoms with Gasteiger partial charge in [0.15, 0.2) is 6.04 Å². The number of nitriles is 2. The van der Waals surface area contributed by atoms with Crippen LogP contribution in [-0.2, 0) is 19.4 Å². The minimum atomic E-state index is -1.38. The lowest BCUT2D eigenvalue weighted by molar-refractivity contribution is -0.271. The van der Waals surface area contributed by atoms with Gasteiger partial charge >= 0.3 is 11.9 Å². The smallest absolute Gasteiger partial charge is 0.356 e. The fourth-order valence-corrected chi connectivity index (χ4v) is 0.340. The maximum absolute atomic E-state index is 10.3. The quantitative estimate of drug-likeness (QED) is 0.380. The van der Waals surface area contributed by atoms with Crippen LogP contribution in [0.2, 0.25) is 0 Å². The molecule has 0 aromatic rings. The van der Waals surface area contributed by atoms with Crippen molar-refractivity contribution in [1.29, 1.82) is 10.5 Å². The van der Waals surface area contributed by atoms with E-state index < -0.39 is 18.0 Å². The number of nitrogens with two attached hydrogens (primary N) is 1. The molecular weight excluding hydrogens is 230 g/mol. The van der Waals surface area contributed by atoms with Crippen molar-refractivity contribution in [2.45, 2.75) is 25.8 Å². The normalized spacial score (nSPS) is 9.88. The van der Waals surface area contributed by atoms with E-state index in [4.69, 9.17) is 15.6 Å². The van der Waals surface area contributed by atoms with Gasteiger partial charge in [-0.15, -0.1) is 0 Å². The number of rotatable bonds is 5. The Hall–Kier alpha value is -2.16.